The number of aromatic nitrogens is 3. The minimum atomic E-state index is -2.56. The fraction of sp³-hybridized carbons (Fsp3) is 0.370. The Hall–Kier alpha value is -3.39. The molecule has 1 aliphatic carbocycles. The fourth-order valence-corrected chi connectivity index (χ4v) is 4.79. The van der Waals surface area contributed by atoms with E-state index in [1.54, 1.807) is 24.5 Å². The molecule has 0 radical (unpaired) electrons. The van der Waals surface area contributed by atoms with Gasteiger partial charge in [-0.15, -0.1) is 0 Å². The van der Waals surface area contributed by atoms with Gasteiger partial charge in [0.2, 0.25) is 5.91 Å². The maximum atomic E-state index is 13.5. The van der Waals surface area contributed by atoms with E-state index in [0.717, 1.165) is 29.7 Å². The Balaban J connectivity index is 1.59. The van der Waals surface area contributed by atoms with E-state index < -0.39 is 6.43 Å². The van der Waals surface area contributed by atoms with Gasteiger partial charge >= 0.3 is 0 Å². The highest BCUT2D eigenvalue weighted by atomic mass is 19.3. The van der Waals surface area contributed by atoms with Gasteiger partial charge in [-0.05, 0) is 56.6 Å². The number of benzene rings is 1. The van der Waals surface area contributed by atoms with Crippen LogP contribution in [0.4, 0.5) is 8.78 Å². The van der Waals surface area contributed by atoms with Crippen molar-refractivity contribution in [3.63, 3.8) is 0 Å². The van der Waals surface area contributed by atoms with Crippen molar-refractivity contribution in [1.29, 1.82) is 0 Å². The van der Waals surface area contributed by atoms with Gasteiger partial charge in [-0.1, -0.05) is 24.3 Å². The Labute approximate surface area is 203 Å². The van der Waals surface area contributed by atoms with Gasteiger partial charge in [0.05, 0.1) is 24.8 Å². The van der Waals surface area contributed by atoms with E-state index in [4.69, 9.17) is 5.10 Å². The summed E-state index contributed by atoms with van der Waals surface area (Å²) in [5.74, 6) is 0.465. The lowest BCUT2D eigenvalue weighted by Gasteiger charge is -2.36. The van der Waals surface area contributed by atoms with Crippen LogP contribution >= 0.6 is 0 Å². The van der Waals surface area contributed by atoms with Crippen molar-refractivity contribution in [2.24, 2.45) is 5.92 Å². The lowest BCUT2D eigenvalue weighted by Crippen LogP contribution is -2.47. The second kappa shape index (κ2) is 9.70. The quantitative estimate of drug-likeness (QED) is 0.459. The van der Waals surface area contributed by atoms with Gasteiger partial charge in [-0.2, -0.15) is 5.10 Å². The molecule has 1 aromatic carbocycles. The summed E-state index contributed by atoms with van der Waals surface area (Å²) in [5, 5.41) is 4.93. The Bertz CT molecular complexity index is 1230. The average Bonchev–Trinajstić information content (AvgIpc) is 3.63. The molecule has 0 saturated heterocycles. The first-order chi connectivity index (χ1) is 16.9. The van der Waals surface area contributed by atoms with Crippen molar-refractivity contribution in [2.45, 2.75) is 38.4 Å². The summed E-state index contributed by atoms with van der Waals surface area (Å²) in [6.45, 7) is 1.71. The number of carbonyl (C=O) groups excluding carboxylic acids is 1. The molecule has 3 heterocycles. The number of alkyl halides is 2. The van der Waals surface area contributed by atoms with Gasteiger partial charge in [-0.3, -0.25) is 14.5 Å². The van der Waals surface area contributed by atoms with E-state index in [1.165, 1.54) is 12.1 Å². The Morgan fingerprint density at radius 3 is 2.63 bits per heavy atom. The van der Waals surface area contributed by atoms with Crippen molar-refractivity contribution in [3.05, 3.63) is 72.2 Å². The number of rotatable bonds is 7. The number of likely N-dealkylation sites (N-methyl/N-ethyl adjacent to an activating group) is 1. The van der Waals surface area contributed by atoms with E-state index >= 15 is 0 Å². The fourth-order valence-electron chi connectivity index (χ4n) is 4.79. The molecule has 1 fully saturated rings. The van der Waals surface area contributed by atoms with Crippen molar-refractivity contribution in [3.8, 4) is 22.4 Å². The summed E-state index contributed by atoms with van der Waals surface area (Å²) in [4.78, 5) is 21.4. The normalized spacial score (nSPS) is 18.0. The predicted octanol–water partition coefficient (Wildman–Crippen LogP) is 4.79. The summed E-state index contributed by atoms with van der Waals surface area (Å²) >= 11 is 0. The molecule has 0 N–H and O–H groups in total. The molecule has 0 spiro atoms. The number of hydrogen-bond acceptors (Lipinski definition) is 4. The first kappa shape index (κ1) is 23.4. The molecular weight excluding hydrogens is 448 g/mol. The smallest absolute Gasteiger partial charge is 0.263 e. The molecule has 182 valence electrons. The van der Waals surface area contributed by atoms with Crippen molar-refractivity contribution >= 4 is 5.91 Å². The summed E-state index contributed by atoms with van der Waals surface area (Å²) < 4.78 is 28.9. The Morgan fingerprint density at radius 2 is 1.94 bits per heavy atom. The SMILES string of the molecule is CN(C)C/C=C/C(=O)N1Cc2c(-c3ccncc3)c(-c3cccc(C(F)F)c3)nn2C[C@@H]1C1CC1. The average molecular weight is 478 g/mol. The molecule has 5 rings (SSSR count). The maximum absolute atomic E-state index is 13.5. The molecule has 8 heteroatoms. The third-order valence-corrected chi connectivity index (χ3v) is 6.70. The van der Waals surface area contributed by atoms with Crippen molar-refractivity contribution in [2.75, 3.05) is 20.6 Å². The zero-order valence-corrected chi connectivity index (χ0v) is 19.9. The van der Waals surface area contributed by atoms with Crippen LogP contribution < -0.4 is 0 Å². The molecule has 3 aromatic rings. The number of halogens is 2. The molecule has 0 unspecified atom stereocenters. The molecule has 35 heavy (non-hydrogen) atoms. The third-order valence-electron chi connectivity index (χ3n) is 6.70. The monoisotopic (exact) mass is 477 g/mol. The van der Waals surface area contributed by atoms with E-state index in [0.29, 0.717) is 36.8 Å². The molecule has 1 amide bonds. The van der Waals surface area contributed by atoms with Crippen LogP contribution in [0.1, 0.15) is 30.5 Å². The minimum Gasteiger partial charge on any atom is -0.328 e. The van der Waals surface area contributed by atoms with Crippen LogP contribution in [0.5, 0.6) is 0 Å². The van der Waals surface area contributed by atoms with E-state index in [1.807, 2.05) is 52.9 Å². The standard InChI is InChI=1S/C27H29F2N5O/c1-32(2)14-4-7-24(35)33-16-23-25(19-10-12-30-13-11-19)26(20-5-3-6-21(15-20)27(28)29)31-34(23)17-22(33)18-8-9-18/h3-7,10-13,15,18,22,27H,8-9,14,16-17H2,1-2H3/b7-4+/t22-/m1/s1. The summed E-state index contributed by atoms with van der Waals surface area (Å²) in [6.07, 6.45) is 6.63. The summed E-state index contributed by atoms with van der Waals surface area (Å²) in [5.41, 5.74) is 3.94. The molecule has 6 nitrogen and oxygen atoms in total. The Morgan fingerprint density at radius 1 is 1.17 bits per heavy atom. The highest BCUT2D eigenvalue weighted by Gasteiger charge is 2.41. The van der Waals surface area contributed by atoms with E-state index in [-0.39, 0.29) is 17.5 Å². The van der Waals surface area contributed by atoms with E-state index in [2.05, 4.69) is 4.98 Å². The van der Waals surface area contributed by atoms with Gasteiger partial charge in [0.1, 0.15) is 5.69 Å². The maximum Gasteiger partial charge on any atom is 0.263 e. The lowest BCUT2D eigenvalue weighted by atomic mass is 9.97. The number of pyridine rings is 1. The molecular formula is C27H29F2N5O. The van der Waals surface area contributed by atoms with Gasteiger partial charge in [0.25, 0.3) is 6.43 Å². The first-order valence-corrected chi connectivity index (χ1v) is 11.9. The van der Waals surface area contributed by atoms with Gasteiger partial charge in [0, 0.05) is 41.7 Å². The zero-order valence-electron chi connectivity index (χ0n) is 19.9. The van der Waals surface area contributed by atoms with Crippen LogP contribution in [-0.4, -0.2) is 57.2 Å². The molecule has 0 bridgehead atoms. The number of hydrogen-bond donors (Lipinski definition) is 0. The third kappa shape index (κ3) is 4.89. The highest BCUT2D eigenvalue weighted by molar-refractivity contribution is 5.89. The number of nitrogens with zero attached hydrogens (tertiary/aromatic N) is 5. The van der Waals surface area contributed by atoms with Crippen LogP contribution in [-0.2, 0) is 17.9 Å². The second-order valence-electron chi connectivity index (χ2n) is 9.55. The van der Waals surface area contributed by atoms with Crippen molar-refractivity contribution in [1.82, 2.24) is 24.6 Å². The van der Waals surface area contributed by atoms with Crippen LogP contribution in [0.3, 0.4) is 0 Å². The van der Waals surface area contributed by atoms with Gasteiger partial charge < -0.3 is 9.80 Å². The molecule has 1 saturated carbocycles. The van der Waals surface area contributed by atoms with Crippen LogP contribution in [0.2, 0.25) is 0 Å². The first-order valence-electron chi connectivity index (χ1n) is 11.9. The molecule has 1 aliphatic heterocycles. The molecule has 1 atom stereocenters. The number of carbonyl (C=O) groups is 1. The number of amides is 1. The number of fused-ring (bicyclic) bond motifs is 1. The molecule has 2 aromatic heterocycles. The van der Waals surface area contributed by atoms with Crippen molar-refractivity contribution < 1.29 is 13.6 Å². The minimum absolute atomic E-state index is 0.00174. The van der Waals surface area contributed by atoms with Crippen LogP contribution in [0, 0.1) is 5.92 Å². The predicted molar refractivity (Wildman–Crippen MR) is 131 cm³/mol. The van der Waals surface area contributed by atoms with Crippen LogP contribution in [0.15, 0.2) is 60.9 Å². The van der Waals surface area contributed by atoms with Crippen LogP contribution in [0.25, 0.3) is 22.4 Å². The Kier molecular flexibility index (Phi) is 6.47. The zero-order chi connectivity index (χ0) is 24.5. The summed E-state index contributed by atoms with van der Waals surface area (Å²) in [7, 11) is 3.93. The van der Waals surface area contributed by atoms with Gasteiger partial charge in [-0.25, -0.2) is 8.78 Å². The molecule has 2 aliphatic rings. The van der Waals surface area contributed by atoms with Gasteiger partial charge in [0.15, 0.2) is 0 Å². The second-order valence-corrected chi connectivity index (χ2v) is 9.55. The topological polar surface area (TPSA) is 54.3 Å². The largest absolute Gasteiger partial charge is 0.328 e. The lowest BCUT2D eigenvalue weighted by molar-refractivity contribution is -0.130. The highest BCUT2D eigenvalue weighted by Crippen LogP contribution is 2.42. The summed E-state index contributed by atoms with van der Waals surface area (Å²) in [6, 6.07) is 10.3. The van der Waals surface area contributed by atoms with E-state index in [9.17, 15) is 13.6 Å².